The lowest BCUT2D eigenvalue weighted by atomic mass is 10.0. The Kier molecular flexibility index (Phi) is 8.09. The normalized spacial score (nSPS) is 11.4. The number of hydrogen-bond acceptors (Lipinski definition) is 6. The van der Waals surface area contributed by atoms with Gasteiger partial charge in [-0.2, -0.15) is 0 Å². The van der Waals surface area contributed by atoms with E-state index < -0.39 is 12.0 Å². The summed E-state index contributed by atoms with van der Waals surface area (Å²) in [5.74, 6) is 0.638. The van der Waals surface area contributed by atoms with Gasteiger partial charge in [0.25, 0.3) is 5.91 Å². The van der Waals surface area contributed by atoms with Crippen molar-refractivity contribution >= 4 is 22.8 Å². The number of nitrogens with zero attached hydrogens (tertiary/aromatic N) is 1. The SMILES string of the molecule is O=C(COc1ccccc1)NC(c1ccccc1)c1ccc2cccc(OC(=O)COc3ccccc3)c2n1. The van der Waals surface area contributed by atoms with Crippen LogP contribution >= 0.6 is 0 Å². The molecule has 1 amide bonds. The van der Waals surface area contributed by atoms with E-state index >= 15 is 0 Å². The van der Waals surface area contributed by atoms with Gasteiger partial charge in [0.15, 0.2) is 19.0 Å². The molecule has 1 heterocycles. The van der Waals surface area contributed by atoms with Gasteiger partial charge in [-0.1, -0.05) is 84.9 Å². The van der Waals surface area contributed by atoms with Gasteiger partial charge in [-0.05, 0) is 42.0 Å². The molecule has 0 aliphatic heterocycles. The maximum absolute atomic E-state index is 12.9. The molecular formula is C32H26N2O5. The Labute approximate surface area is 226 Å². The molecule has 7 nitrogen and oxygen atoms in total. The van der Waals surface area contributed by atoms with Crippen LogP contribution in [0, 0.1) is 0 Å². The van der Waals surface area contributed by atoms with Crippen LogP contribution in [-0.2, 0) is 9.59 Å². The quantitative estimate of drug-likeness (QED) is 0.194. The summed E-state index contributed by atoms with van der Waals surface area (Å²) >= 11 is 0. The van der Waals surface area contributed by atoms with Crippen molar-refractivity contribution in [2.75, 3.05) is 13.2 Å². The monoisotopic (exact) mass is 518 g/mol. The molecule has 1 unspecified atom stereocenters. The number of ether oxygens (including phenoxy) is 3. The van der Waals surface area contributed by atoms with Crippen molar-refractivity contribution in [3.8, 4) is 17.2 Å². The van der Waals surface area contributed by atoms with Gasteiger partial charge in [0.2, 0.25) is 0 Å². The number of hydrogen-bond donors (Lipinski definition) is 1. The fourth-order valence-corrected chi connectivity index (χ4v) is 4.03. The van der Waals surface area contributed by atoms with Gasteiger partial charge in [0.1, 0.15) is 17.0 Å². The fraction of sp³-hybridized carbons (Fsp3) is 0.0938. The van der Waals surface area contributed by atoms with E-state index in [1.54, 1.807) is 36.4 Å². The molecule has 0 aliphatic carbocycles. The van der Waals surface area contributed by atoms with Crippen LogP contribution in [0.3, 0.4) is 0 Å². The Morgan fingerprint density at radius 2 is 1.28 bits per heavy atom. The van der Waals surface area contributed by atoms with E-state index in [4.69, 9.17) is 19.2 Å². The highest BCUT2D eigenvalue weighted by Crippen LogP contribution is 2.28. The molecule has 1 atom stereocenters. The van der Waals surface area contributed by atoms with Crippen LogP contribution in [0.4, 0.5) is 0 Å². The smallest absolute Gasteiger partial charge is 0.349 e. The van der Waals surface area contributed by atoms with Crippen molar-refractivity contribution in [2.24, 2.45) is 0 Å². The summed E-state index contributed by atoms with van der Waals surface area (Å²) < 4.78 is 16.8. The summed E-state index contributed by atoms with van der Waals surface area (Å²) in [6.45, 7) is -0.393. The molecule has 0 saturated carbocycles. The molecule has 0 bridgehead atoms. The van der Waals surface area contributed by atoms with Gasteiger partial charge < -0.3 is 19.5 Å². The van der Waals surface area contributed by atoms with Crippen molar-refractivity contribution in [1.82, 2.24) is 10.3 Å². The third-order valence-corrected chi connectivity index (χ3v) is 5.88. The van der Waals surface area contributed by atoms with Crippen LogP contribution < -0.4 is 19.5 Å². The largest absolute Gasteiger partial charge is 0.484 e. The molecule has 5 rings (SSSR count). The van der Waals surface area contributed by atoms with Crippen LogP contribution in [0.25, 0.3) is 10.9 Å². The molecule has 1 N–H and O–H groups in total. The molecular weight excluding hydrogens is 492 g/mol. The molecule has 0 spiro atoms. The number of para-hydroxylation sites is 3. The van der Waals surface area contributed by atoms with E-state index in [2.05, 4.69) is 5.32 Å². The average Bonchev–Trinajstić information content (AvgIpc) is 2.99. The third-order valence-electron chi connectivity index (χ3n) is 5.88. The summed E-state index contributed by atoms with van der Waals surface area (Å²) in [5.41, 5.74) is 1.94. The Bertz CT molecular complexity index is 1540. The number of carbonyl (C=O) groups is 2. The topological polar surface area (TPSA) is 86.8 Å². The Morgan fingerprint density at radius 3 is 1.95 bits per heavy atom. The van der Waals surface area contributed by atoms with Crippen molar-refractivity contribution in [3.63, 3.8) is 0 Å². The lowest BCUT2D eigenvalue weighted by Gasteiger charge is -2.20. The Hall–Kier alpha value is -5.17. The number of aromatic nitrogens is 1. The second-order valence-electron chi connectivity index (χ2n) is 8.65. The minimum absolute atomic E-state index is 0.148. The maximum Gasteiger partial charge on any atom is 0.349 e. The van der Waals surface area contributed by atoms with Crippen LogP contribution in [-0.4, -0.2) is 30.1 Å². The summed E-state index contributed by atoms with van der Waals surface area (Å²) in [5, 5.41) is 3.82. The zero-order chi connectivity index (χ0) is 26.9. The van der Waals surface area contributed by atoms with E-state index in [1.165, 1.54) is 0 Å². The van der Waals surface area contributed by atoms with Crippen molar-refractivity contribution in [1.29, 1.82) is 0 Å². The number of rotatable bonds is 10. The lowest BCUT2D eigenvalue weighted by Crippen LogP contribution is -2.33. The van der Waals surface area contributed by atoms with E-state index in [0.717, 1.165) is 10.9 Å². The molecule has 4 aromatic carbocycles. The molecule has 5 aromatic rings. The summed E-state index contributed by atoms with van der Waals surface area (Å²) in [6.07, 6.45) is 0. The lowest BCUT2D eigenvalue weighted by molar-refractivity contribution is -0.136. The Morgan fingerprint density at radius 1 is 0.667 bits per heavy atom. The van der Waals surface area contributed by atoms with E-state index in [9.17, 15) is 9.59 Å². The molecule has 39 heavy (non-hydrogen) atoms. The minimum Gasteiger partial charge on any atom is -0.484 e. The predicted molar refractivity (Wildman–Crippen MR) is 148 cm³/mol. The number of fused-ring (bicyclic) bond motifs is 1. The number of benzene rings is 4. The number of amides is 1. The summed E-state index contributed by atoms with van der Waals surface area (Å²) in [4.78, 5) is 30.3. The van der Waals surface area contributed by atoms with Crippen molar-refractivity contribution in [3.05, 3.63) is 133 Å². The second-order valence-corrected chi connectivity index (χ2v) is 8.65. The fourth-order valence-electron chi connectivity index (χ4n) is 4.03. The highest BCUT2D eigenvalue weighted by Gasteiger charge is 2.20. The highest BCUT2D eigenvalue weighted by atomic mass is 16.6. The first-order valence-corrected chi connectivity index (χ1v) is 12.5. The number of nitrogens with one attached hydrogen (secondary N) is 1. The van der Waals surface area contributed by atoms with Crippen LogP contribution in [0.2, 0.25) is 0 Å². The summed E-state index contributed by atoms with van der Waals surface area (Å²) in [6, 6.07) is 36.3. The first-order chi connectivity index (χ1) is 19.2. The van der Waals surface area contributed by atoms with E-state index in [0.29, 0.717) is 28.5 Å². The molecule has 0 radical (unpaired) electrons. The van der Waals surface area contributed by atoms with Crippen molar-refractivity contribution in [2.45, 2.75) is 6.04 Å². The second kappa shape index (κ2) is 12.4. The van der Waals surface area contributed by atoms with Crippen molar-refractivity contribution < 1.29 is 23.8 Å². The zero-order valence-electron chi connectivity index (χ0n) is 21.0. The minimum atomic E-state index is -0.551. The van der Waals surface area contributed by atoms with E-state index in [-0.39, 0.29) is 19.1 Å². The summed E-state index contributed by atoms with van der Waals surface area (Å²) in [7, 11) is 0. The number of esters is 1. The average molecular weight is 519 g/mol. The van der Waals surface area contributed by atoms with E-state index in [1.807, 2.05) is 84.9 Å². The molecule has 0 saturated heterocycles. The van der Waals surface area contributed by atoms with Crippen LogP contribution in [0.1, 0.15) is 17.3 Å². The first kappa shape index (κ1) is 25.5. The first-order valence-electron chi connectivity index (χ1n) is 12.5. The van der Waals surface area contributed by atoms with Gasteiger partial charge >= 0.3 is 5.97 Å². The van der Waals surface area contributed by atoms with Gasteiger partial charge in [-0.15, -0.1) is 0 Å². The predicted octanol–water partition coefficient (Wildman–Crippen LogP) is 5.50. The molecule has 0 fully saturated rings. The third kappa shape index (κ3) is 6.78. The highest BCUT2D eigenvalue weighted by molar-refractivity contribution is 5.88. The van der Waals surface area contributed by atoms with Crippen LogP contribution in [0.15, 0.2) is 121 Å². The number of carbonyl (C=O) groups excluding carboxylic acids is 2. The van der Waals surface area contributed by atoms with Gasteiger partial charge in [0, 0.05) is 5.39 Å². The Balaban J connectivity index is 1.36. The van der Waals surface area contributed by atoms with Gasteiger partial charge in [-0.3, -0.25) is 4.79 Å². The van der Waals surface area contributed by atoms with Crippen LogP contribution in [0.5, 0.6) is 17.2 Å². The molecule has 7 heteroatoms. The van der Waals surface area contributed by atoms with Gasteiger partial charge in [-0.25, -0.2) is 9.78 Å². The molecule has 1 aromatic heterocycles. The van der Waals surface area contributed by atoms with Gasteiger partial charge in [0.05, 0.1) is 11.7 Å². The standard InChI is InChI=1S/C32H26N2O5/c35-29(21-37-25-14-6-2-7-15-25)34-31(23-11-4-1-5-12-23)27-20-19-24-13-10-18-28(32(24)33-27)39-30(36)22-38-26-16-8-3-9-17-26/h1-20,31H,21-22H2,(H,34,35). The number of pyridine rings is 1. The molecule has 194 valence electrons. The zero-order valence-corrected chi connectivity index (χ0v) is 21.0. The maximum atomic E-state index is 12.9. The molecule has 0 aliphatic rings.